The Morgan fingerprint density at radius 3 is 2.54 bits per heavy atom. The molecule has 0 aliphatic heterocycles. The molecular weight excluding hydrogens is 395 g/mol. The van der Waals surface area contributed by atoms with Crippen LogP contribution in [0.25, 0.3) is 0 Å². The molecule has 1 aromatic heterocycles. The third-order valence-corrected chi connectivity index (χ3v) is 7.13. The Labute approximate surface area is 160 Å². The molecule has 2 aliphatic carbocycles. The maximum atomic E-state index is 13.0. The predicted octanol–water partition coefficient (Wildman–Crippen LogP) is 1.99. The highest BCUT2D eigenvalue weighted by Crippen LogP contribution is 2.32. The van der Waals surface area contributed by atoms with E-state index in [0.717, 1.165) is 16.7 Å². The van der Waals surface area contributed by atoms with E-state index in [9.17, 15) is 21.6 Å². The number of hydrogen-bond acceptors (Lipinski definition) is 4. The molecule has 10 heteroatoms. The number of benzene rings is 1. The van der Waals surface area contributed by atoms with Gasteiger partial charge >= 0.3 is 6.18 Å². The number of sulfonamides is 1. The number of fused-ring (bicyclic) bond motifs is 1. The summed E-state index contributed by atoms with van der Waals surface area (Å²) < 4.78 is 67.1. The van der Waals surface area contributed by atoms with E-state index in [1.54, 1.807) is 0 Å². The predicted molar refractivity (Wildman–Crippen MR) is 95.0 cm³/mol. The minimum atomic E-state index is -4.62. The van der Waals surface area contributed by atoms with Gasteiger partial charge in [-0.25, -0.2) is 13.1 Å². The summed E-state index contributed by atoms with van der Waals surface area (Å²) in [4.78, 5) is 0. The Balaban J connectivity index is 1.48. The quantitative estimate of drug-likeness (QED) is 0.756. The fourth-order valence-corrected chi connectivity index (χ4v) is 5.23. The molecule has 1 atom stereocenters. The van der Waals surface area contributed by atoms with Crippen molar-refractivity contribution in [1.29, 1.82) is 0 Å². The van der Waals surface area contributed by atoms with Gasteiger partial charge in [0.25, 0.3) is 0 Å². The second kappa shape index (κ2) is 6.85. The molecular formula is C18H20F3N3O3S. The lowest BCUT2D eigenvalue weighted by atomic mass is 10.1. The van der Waals surface area contributed by atoms with Crippen molar-refractivity contribution in [3.63, 3.8) is 0 Å². The Kier molecular flexibility index (Phi) is 4.75. The topological polar surface area (TPSA) is 84.2 Å². The molecule has 152 valence electrons. The Morgan fingerprint density at radius 2 is 1.93 bits per heavy atom. The van der Waals surface area contributed by atoms with Gasteiger partial charge in [-0.2, -0.15) is 18.3 Å². The maximum absolute atomic E-state index is 13.0. The summed E-state index contributed by atoms with van der Waals surface area (Å²) in [5, 5.41) is 12.4. The van der Waals surface area contributed by atoms with E-state index in [1.165, 1.54) is 10.9 Å². The fraction of sp³-hybridized carbons (Fsp3) is 0.500. The van der Waals surface area contributed by atoms with E-state index in [4.69, 9.17) is 5.11 Å². The molecule has 6 nitrogen and oxygen atoms in total. The average Bonchev–Trinajstić information content (AvgIpc) is 3.28. The highest BCUT2D eigenvalue weighted by atomic mass is 32.2. The van der Waals surface area contributed by atoms with Crippen LogP contribution in [-0.2, 0) is 42.2 Å². The van der Waals surface area contributed by atoms with Crippen molar-refractivity contribution >= 4 is 10.0 Å². The van der Waals surface area contributed by atoms with Gasteiger partial charge in [0.15, 0.2) is 5.69 Å². The summed E-state index contributed by atoms with van der Waals surface area (Å²) in [5.74, 6) is 0. The van der Waals surface area contributed by atoms with Crippen LogP contribution in [0.3, 0.4) is 0 Å². The average molecular weight is 415 g/mol. The van der Waals surface area contributed by atoms with Crippen LogP contribution in [0.2, 0.25) is 0 Å². The summed E-state index contributed by atoms with van der Waals surface area (Å²) in [6.45, 7) is -0.601. The van der Waals surface area contributed by atoms with Crippen LogP contribution in [0.15, 0.2) is 24.4 Å². The van der Waals surface area contributed by atoms with Crippen LogP contribution in [0.1, 0.15) is 40.8 Å². The van der Waals surface area contributed by atoms with Crippen LogP contribution < -0.4 is 4.72 Å². The van der Waals surface area contributed by atoms with Gasteiger partial charge in [0, 0.05) is 17.8 Å². The van der Waals surface area contributed by atoms with E-state index in [2.05, 4.69) is 9.82 Å². The van der Waals surface area contributed by atoms with Crippen molar-refractivity contribution in [2.45, 2.75) is 56.3 Å². The van der Waals surface area contributed by atoms with E-state index in [0.29, 0.717) is 25.7 Å². The lowest BCUT2D eigenvalue weighted by Crippen LogP contribution is -2.37. The Bertz CT molecular complexity index is 997. The smallest absolute Gasteiger partial charge is 0.392 e. The van der Waals surface area contributed by atoms with Crippen molar-refractivity contribution in [2.75, 3.05) is 0 Å². The number of aliphatic hydroxyl groups excluding tert-OH is 1. The van der Waals surface area contributed by atoms with Gasteiger partial charge in [0.1, 0.15) is 0 Å². The number of alkyl halides is 3. The zero-order valence-electron chi connectivity index (χ0n) is 14.9. The second-order valence-corrected chi connectivity index (χ2v) is 9.42. The minimum Gasteiger partial charge on any atom is -0.392 e. The van der Waals surface area contributed by atoms with Crippen LogP contribution in [0, 0.1) is 0 Å². The molecule has 4 rings (SSSR count). The molecule has 2 aromatic rings. The molecule has 0 radical (unpaired) electrons. The van der Waals surface area contributed by atoms with Crippen molar-refractivity contribution in [2.24, 2.45) is 0 Å². The van der Waals surface area contributed by atoms with Crippen LogP contribution in [0.4, 0.5) is 13.2 Å². The highest BCUT2D eigenvalue weighted by Gasteiger charge is 2.38. The van der Waals surface area contributed by atoms with Gasteiger partial charge < -0.3 is 5.11 Å². The summed E-state index contributed by atoms with van der Waals surface area (Å²) in [7, 11) is -3.26. The number of halogens is 3. The lowest BCUT2D eigenvalue weighted by Gasteiger charge is -2.11. The fourth-order valence-electron chi connectivity index (χ4n) is 3.65. The van der Waals surface area contributed by atoms with Crippen molar-refractivity contribution in [1.82, 2.24) is 14.5 Å². The van der Waals surface area contributed by atoms with E-state index < -0.39 is 28.5 Å². The first-order valence-corrected chi connectivity index (χ1v) is 10.6. The molecule has 1 aromatic carbocycles. The molecule has 0 amide bonds. The third-order valence-electron chi connectivity index (χ3n) is 5.12. The highest BCUT2D eigenvalue weighted by molar-refractivity contribution is 7.90. The van der Waals surface area contributed by atoms with Crippen molar-refractivity contribution in [3.8, 4) is 0 Å². The second-order valence-electron chi connectivity index (χ2n) is 7.43. The molecule has 2 aliphatic rings. The summed E-state index contributed by atoms with van der Waals surface area (Å²) in [5.41, 5.74) is 1.46. The molecule has 0 unspecified atom stereocenters. The van der Waals surface area contributed by atoms with E-state index >= 15 is 0 Å². The van der Waals surface area contributed by atoms with Gasteiger partial charge in [-0.15, -0.1) is 0 Å². The molecule has 1 saturated carbocycles. The van der Waals surface area contributed by atoms with Crippen LogP contribution in [0.5, 0.6) is 0 Å². The molecule has 2 N–H and O–H groups in total. The number of hydrogen-bond donors (Lipinski definition) is 2. The van der Waals surface area contributed by atoms with Crippen molar-refractivity contribution in [3.05, 3.63) is 52.3 Å². The van der Waals surface area contributed by atoms with Gasteiger partial charge in [-0.3, -0.25) is 4.68 Å². The molecule has 0 bridgehead atoms. The first-order chi connectivity index (χ1) is 13.2. The molecule has 0 saturated heterocycles. The van der Waals surface area contributed by atoms with Crippen LogP contribution >= 0.6 is 0 Å². The molecule has 28 heavy (non-hydrogen) atoms. The van der Waals surface area contributed by atoms with Gasteiger partial charge in [0.05, 0.1) is 18.4 Å². The Hall–Kier alpha value is -1.91. The zero-order valence-corrected chi connectivity index (χ0v) is 15.7. The number of rotatable bonds is 6. The zero-order chi connectivity index (χ0) is 20.1. The first kappa shape index (κ1) is 19.4. The standard InChI is InChI=1S/C18H20F3N3O3S/c19-18(20,21)17-14(10-25)9-24(22-17)8-11-1-2-12-6-15(7-13(12)5-11)23-28(26,27)16-3-4-16/h1-2,5,9,15-16,23,25H,3-4,6-8,10H2/t15-/m1/s1. The number of aromatic nitrogens is 2. The van der Waals surface area contributed by atoms with Crippen molar-refractivity contribution < 1.29 is 26.7 Å². The largest absolute Gasteiger partial charge is 0.435 e. The molecule has 1 fully saturated rings. The normalized spacial score (nSPS) is 19.8. The maximum Gasteiger partial charge on any atom is 0.435 e. The number of nitrogens with one attached hydrogen (secondary N) is 1. The lowest BCUT2D eigenvalue weighted by molar-refractivity contribution is -0.142. The SMILES string of the molecule is O=S(=O)(N[C@@H]1Cc2ccc(Cn3cc(CO)c(C(F)(F)F)n3)cc2C1)C1CC1. The van der Waals surface area contributed by atoms with E-state index in [1.807, 2.05) is 18.2 Å². The number of aliphatic hydroxyl groups is 1. The van der Waals surface area contributed by atoms with Gasteiger partial charge in [-0.1, -0.05) is 18.2 Å². The minimum absolute atomic E-state index is 0.134. The Morgan fingerprint density at radius 1 is 1.21 bits per heavy atom. The summed E-state index contributed by atoms with van der Waals surface area (Å²) >= 11 is 0. The summed E-state index contributed by atoms with van der Waals surface area (Å²) in [6, 6.07) is 5.40. The third kappa shape index (κ3) is 3.94. The van der Waals surface area contributed by atoms with Gasteiger partial charge in [0.2, 0.25) is 10.0 Å². The van der Waals surface area contributed by atoms with E-state index in [-0.39, 0.29) is 23.4 Å². The summed E-state index contributed by atoms with van der Waals surface area (Å²) in [6.07, 6.45) is -0.840. The van der Waals surface area contributed by atoms with Crippen LogP contribution in [-0.4, -0.2) is 34.6 Å². The monoisotopic (exact) mass is 415 g/mol. The number of nitrogens with zero attached hydrogens (tertiary/aromatic N) is 2. The van der Waals surface area contributed by atoms with Gasteiger partial charge in [-0.05, 0) is 42.4 Å². The molecule has 0 spiro atoms. The molecule has 1 heterocycles. The first-order valence-electron chi connectivity index (χ1n) is 9.02.